The molecule has 0 unspecified atom stereocenters. The molecule has 0 aromatic heterocycles. The number of nitrogens with one attached hydrogen (secondary N) is 2. The highest BCUT2D eigenvalue weighted by Gasteiger charge is 2.38. The smallest absolute Gasteiger partial charge is 0.328 e. The van der Waals surface area contributed by atoms with Crippen molar-refractivity contribution < 1.29 is 29.0 Å². The van der Waals surface area contributed by atoms with Gasteiger partial charge in [-0.15, -0.1) is 0 Å². The Labute approximate surface area is 238 Å². The number of ether oxygens (including phenoxy) is 1. The lowest BCUT2D eigenvalue weighted by molar-refractivity contribution is -0.144. The van der Waals surface area contributed by atoms with Crippen LogP contribution in [0.3, 0.4) is 0 Å². The van der Waals surface area contributed by atoms with Crippen molar-refractivity contribution in [3.8, 4) is 0 Å². The Balaban J connectivity index is 1.50. The van der Waals surface area contributed by atoms with E-state index >= 15 is 0 Å². The van der Waals surface area contributed by atoms with Crippen LogP contribution in [0.5, 0.6) is 0 Å². The van der Waals surface area contributed by atoms with Gasteiger partial charge < -0.3 is 25.4 Å². The first-order valence-corrected chi connectivity index (χ1v) is 14.6. The first-order chi connectivity index (χ1) is 18.9. The minimum atomic E-state index is -1.21. The lowest BCUT2D eigenvalue weighted by atomic mass is 9.75. The van der Waals surface area contributed by atoms with E-state index in [-0.39, 0.29) is 42.5 Å². The molecule has 9 nitrogen and oxygen atoms in total. The molecule has 3 amide bonds. The fraction of sp³-hybridized carbons (Fsp3) is 0.677. The molecule has 1 saturated heterocycles. The van der Waals surface area contributed by atoms with Gasteiger partial charge in [-0.2, -0.15) is 0 Å². The van der Waals surface area contributed by atoms with Gasteiger partial charge in [0.2, 0.25) is 17.7 Å². The summed E-state index contributed by atoms with van der Waals surface area (Å²) in [6, 6.07) is 8.97. The minimum Gasteiger partial charge on any atom is -0.480 e. The third-order valence-corrected chi connectivity index (χ3v) is 8.05. The molecular weight excluding hydrogens is 510 g/mol. The molecule has 1 heterocycles. The summed E-state index contributed by atoms with van der Waals surface area (Å²) in [6.07, 6.45) is 6.89. The van der Waals surface area contributed by atoms with Crippen molar-refractivity contribution >= 4 is 23.7 Å². The predicted octanol–water partition coefficient (Wildman–Crippen LogP) is 3.70. The van der Waals surface area contributed by atoms with E-state index in [1.807, 2.05) is 50.8 Å². The van der Waals surface area contributed by atoms with E-state index < -0.39 is 23.3 Å². The van der Waals surface area contributed by atoms with Crippen LogP contribution in [0.25, 0.3) is 0 Å². The van der Waals surface area contributed by atoms with Crippen molar-refractivity contribution in [2.24, 2.45) is 10.8 Å². The molecule has 1 aromatic carbocycles. The first kappa shape index (κ1) is 31.6. The van der Waals surface area contributed by atoms with Crippen molar-refractivity contribution in [2.75, 3.05) is 19.7 Å². The summed E-state index contributed by atoms with van der Waals surface area (Å²) in [5.74, 6) is -1.84. The van der Waals surface area contributed by atoms with Crippen molar-refractivity contribution in [2.45, 2.75) is 104 Å². The Bertz CT molecular complexity index is 1020. The zero-order valence-electron chi connectivity index (χ0n) is 24.5. The van der Waals surface area contributed by atoms with Crippen LogP contribution in [-0.2, 0) is 30.3 Å². The summed E-state index contributed by atoms with van der Waals surface area (Å²) in [5, 5.41) is 14.8. The number of rotatable bonds is 12. The number of amides is 3. The fourth-order valence-corrected chi connectivity index (χ4v) is 5.66. The van der Waals surface area contributed by atoms with E-state index in [1.54, 1.807) is 0 Å². The van der Waals surface area contributed by atoms with Crippen LogP contribution in [0.15, 0.2) is 30.3 Å². The number of aliphatic carboxylic acids is 1. The van der Waals surface area contributed by atoms with E-state index in [9.17, 15) is 24.3 Å². The highest BCUT2D eigenvalue weighted by Crippen LogP contribution is 2.36. The van der Waals surface area contributed by atoms with Crippen LogP contribution in [0.4, 0.5) is 0 Å². The van der Waals surface area contributed by atoms with Crippen molar-refractivity contribution in [3.05, 3.63) is 35.9 Å². The van der Waals surface area contributed by atoms with Crippen molar-refractivity contribution in [1.82, 2.24) is 15.5 Å². The van der Waals surface area contributed by atoms with E-state index in [0.29, 0.717) is 19.4 Å². The highest BCUT2D eigenvalue weighted by atomic mass is 16.5. The largest absolute Gasteiger partial charge is 0.480 e. The van der Waals surface area contributed by atoms with Gasteiger partial charge in [-0.05, 0) is 43.1 Å². The molecule has 1 aromatic rings. The number of benzene rings is 1. The number of carboxylic acids is 1. The lowest BCUT2D eigenvalue weighted by Gasteiger charge is -2.33. The molecule has 0 spiro atoms. The predicted molar refractivity (Wildman–Crippen MR) is 152 cm³/mol. The average Bonchev–Trinajstić information content (AvgIpc) is 3.32. The Morgan fingerprint density at radius 3 is 2.40 bits per heavy atom. The quantitative estimate of drug-likeness (QED) is 0.360. The first-order valence-electron chi connectivity index (χ1n) is 14.6. The van der Waals surface area contributed by atoms with Crippen LogP contribution in [0.1, 0.15) is 84.6 Å². The highest BCUT2D eigenvalue weighted by molar-refractivity contribution is 5.88. The van der Waals surface area contributed by atoms with E-state index in [4.69, 9.17) is 4.74 Å². The fourth-order valence-electron chi connectivity index (χ4n) is 5.66. The van der Waals surface area contributed by atoms with Gasteiger partial charge in [-0.25, -0.2) is 4.79 Å². The van der Waals surface area contributed by atoms with Gasteiger partial charge >= 0.3 is 5.97 Å². The molecule has 1 aliphatic carbocycles. The zero-order valence-corrected chi connectivity index (χ0v) is 24.5. The maximum Gasteiger partial charge on any atom is 0.328 e. The molecule has 3 atom stereocenters. The summed E-state index contributed by atoms with van der Waals surface area (Å²) in [6.45, 7) is 7.96. The van der Waals surface area contributed by atoms with Crippen LogP contribution in [-0.4, -0.2) is 71.6 Å². The second-order valence-corrected chi connectivity index (χ2v) is 12.9. The van der Waals surface area contributed by atoms with Crippen molar-refractivity contribution in [1.29, 1.82) is 0 Å². The summed E-state index contributed by atoms with van der Waals surface area (Å²) in [4.78, 5) is 52.1. The van der Waals surface area contributed by atoms with Gasteiger partial charge in [0.05, 0.1) is 6.10 Å². The number of hydrogen-bond acceptors (Lipinski definition) is 5. The van der Waals surface area contributed by atoms with Gasteiger partial charge in [0.1, 0.15) is 12.6 Å². The van der Waals surface area contributed by atoms with Crippen LogP contribution in [0, 0.1) is 10.8 Å². The Kier molecular flexibility index (Phi) is 11.1. The monoisotopic (exact) mass is 557 g/mol. The molecular formula is C31H47N3O6. The van der Waals surface area contributed by atoms with E-state index in [1.165, 1.54) is 5.56 Å². The molecule has 2 aliphatic rings. The molecule has 9 heteroatoms. The second kappa shape index (κ2) is 14.1. The number of hydrogen-bond donors (Lipinski definition) is 3. The molecule has 40 heavy (non-hydrogen) atoms. The Hall–Kier alpha value is -2.94. The third-order valence-electron chi connectivity index (χ3n) is 8.05. The lowest BCUT2D eigenvalue weighted by Crippen LogP contribution is -2.53. The van der Waals surface area contributed by atoms with Crippen LogP contribution >= 0.6 is 0 Å². The Morgan fingerprint density at radius 1 is 1.10 bits per heavy atom. The molecule has 3 rings (SSSR count). The van der Waals surface area contributed by atoms with Gasteiger partial charge in [0.25, 0.3) is 0 Å². The topological polar surface area (TPSA) is 125 Å². The second-order valence-electron chi connectivity index (χ2n) is 12.9. The molecule has 0 radical (unpaired) electrons. The number of carbonyl (C=O) groups is 4. The number of carbonyl (C=O) groups excluding carboxylic acids is 3. The zero-order chi connectivity index (χ0) is 29.3. The van der Waals surface area contributed by atoms with Gasteiger partial charge in [0.15, 0.2) is 0 Å². The molecule has 222 valence electrons. The van der Waals surface area contributed by atoms with Crippen LogP contribution < -0.4 is 10.6 Å². The van der Waals surface area contributed by atoms with Gasteiger partial charge in [-0.3, -0.25) is 14.4 Å². The molecule has 3 N–H and O–H groups in total. The van der Waals surface area contributed by atoms with Crippen molar-refractivity contribution in [3.63, 3.8) is 0 Å². The van der Waals surface area contributed by atoms with Gasteiger partial charge in [0, 0.05) is 31.0 Å². The minimum absolute atomic E-state index is 0.0240. The van der Waals surface area contributed by atoms with E-state index in [2.05, 4.69) is 22.8 Å². The standard InChI is InChI=1S/C31H47N3O6/c1-30(2,3)18-27(36)34-20-24(17-23(34)14-13-22-11-7-5-8-12-22)40-21-26(35)32-19-25(28(37)38)33-29(39)31(4)15-9-6-10-16-31/h5,7-8,11-12,23-25H,6,9-10,13-21H2,1-4H3,(H,32,35)(H,33,39)(H,37,38)/t23-,24-,25+/m1/s1. The number of aryl methyl sites for hydroxylation is 1. The maximum atomic E-state index is 13.1. The van der Waals surface area contributed by atoms with Crippen LogP contribution in [0.2, 0.25) is 0 Å². The molecule has 0 bridgehead atoms. The number of likely N-dealkylation sites (tertiary alicyclic amines) is 1. The molecule has 1 aliphatic heterocycles. The Morgan fingerprint density at radius 2 is 1.77 bits per heavy atom. The molecule has 1 saturated carbocycles. The summed E-state index contributed by atoms with van der Waals surface area (Å²) >= 11 is 0. The normalized spacial score (nSPS) is 21.4. The number of nitrogens with zero attached hydrogens (tertiary/aromatic N) is 1. The summed E-state index contributed by atoms with van der Waals surface area (Å²) in [7, 11) is 0. The molecule has 2 fully saturated rings. The SMILES string of the molecule is CC(C)(C)CC(=O)N1C[C@H](OCC(=O)NC[C@H](NC(=O)C2(C)CCCCC2)C(=O)O)C[C@H]1CCc1ccccc1. The summed E-state index contributed by atoms with van der Waals surface area (Å²) in [5.41, 5.74) is 0.506. The number of carboxylic acid groups (broad SMARTS) is 1. The summed E-state index contributed by atoms with van der Waals surface area (Å²) < 4.78 is 5.90. The van der Waals surface area contributed by atoms with Gasteiger partial charge in [-0.1, -0.05) is 77.3 Å². The van der Waals surface area contributed by atoms with E-state index in [0.717, 1.165) is 44.9 Å². The average molecular weight is 558 g/mol. The maximum absolute atomic E-state index is 13.1. The third kappa shape index (κ3) is 9.61.